The Morgan fingerprint density at radius 1 is 0.914 bits per heavy atom. The van der Waals surface area contributed by atoms with E-state index < -0.39 is 0 Å². The van der Waals surface area contributed by atoms with Crippen molar-refractivity contribution < 1.29 is 23.8 Å². The second kappa shape index (κ2) is 10.4. The first-order valence-corrected chi connectivity index (χ1v) is 11.3. The number of carbonyl (C=O) groups is 2. The number of amides is 3. The molecule has 1 aliphatic rings. The largest absolute Gasteiger partial charge is 0.493 e. The van der Waals surface area contributed by atoms with Crippen LogP contribution in [0.2, 0.25) is 0 Å². The highest BCUT2D eigenvalue weighted by Gasteiger charge is 2.26. The average Bonchev–Trinajstić information content (AvgIpc) is 3.30. The van der Waals surface area contributed by atoms with E-state index in [4.69, 9.17) is 14.2 Å². The fourth-order valence-electron chi connectivity index (χ4n) is 4.11. The molecule has 0 unspecified atom stereocenters. The number of hydrogen-bond donors (Lipinski definition) is 2. The summed E-state index contributed by atoms with van der Waals surface area (Å²) >= 11 is 0. The Morgan fingerprint density at radius 3 is 2.23 bits per heavy atom. The molecular weight excluding hydrogens is 446 g/mol. The molecule has 35 heavy (non-hydrogen) atoms. The number of nitrogens with one attached hydrogen (secondary N) is 2. The van der Waals surface area contributed by atoms with Gasteiger partial charge in [-0.2, -0.15) is 0 Å². The Bertz CT molecular complexity index is 1220. The van der Waals surface area contributed by atoms with Gasteiger partial charge in [0.25, 0.3) is 5.91 Å². The summed E-state index contributed by atoms with van der Waals surface area (Å²) in [6.07, 6.45) is 0.808. The highest BCUT2D eigenvalue weighted by atomic mass is 16.5. The SMILES string of the molecule is COc1cc(NC(=O)NCc2ccc3c(c2)N(C(=O)c2ccc(C)cc2)CC3)cc(OC)c1OC. The Labute approximate surface area is 204 Å². The minimum Gasteiger partial charge on any atom is -0.493 e. The standard InChI is InChI=1S/C27H29N3O5/c1-17-5-8-20(9-6-17)26(31)30-12-11-19-10-7-18(13-22(19)30)16-28-27(32)29-21-14-23(33-2)25(35-4)24(15-21)34-3/h5-10,13-15H,11-12,16H2,1-4H3,(H2,28,29,32). The van der Waals surface area contributed by atoms with E-state index >= 15 is 0 Å². The summed E-state index contributed by atoms with van der Waals surface area (Å²) in [6, 6.07) is 16.5. The van der Waals surface area contributed by atoms with Gasteiger partial charge in [0.15, 0.2) is 11.5 Å². The summed E-state index contributed by atoms with van der Waals surface area (Å²) in [5.41, 5.74) is 5.18. The first kappa shape index (κ1) is 23.9. The summed E-state index contributed by atoms with van der Waals surface area (Å²) in [4.78, 5) is 27.4. The number of methoxy groups -OCH3 is 3. The molecule has 182 valence electrons. The summed E-state index contributed by atoms with van der Waals surface area (Å²) in [5.74, 6) is 1.32. The van der Waals surface area contributed by atoms with Crippen LogP contribution in [-0.2, 0) is 13.0 Å². The molecule has 4 rings (SSSR count). The average molecular weight is 476 g/mol. The molecule has 0 aromatic heterocycles. The summed E-state index contributed by atoms with van der Waals surface area (Å²) in [5, 5.41) is 5.65. The third kappa shape index (κ3) is 5.16. The van der Waals surface area contributed by atoms with Crippen LogP contribution in [0.1, 0.15) is 27.0 Å². The molecule has 0 spiro atoms. The quantitative estimate of drug-likeness (QED) is 0.524. The van der Waals surface area contributed by atoms with Crippen molar-refractivity contribution in [3.63, 3.8) is 0 Å². The molecule has 0 saturated heterocycles. The molecule has 0 saturated carbocycles. The lowest BCUT2D eigenvalue weighted by Crippen LogP contribution is -2.29. The van der Waals surface area contributed by atoms with Crippen molar-refractivity contribution in [3.05, 3.63) is 76.9 Å². The van der Waals surface area contributed by atoms with Crippen LogP contribution in [0.5, 0.6) is 17.2 Å². The zero-order valence-electron chi connectivity index (χ0n) is 20.3. The predicted molar refractivity (Wildman–Crippen MR) is 135 cm³/mol. The number of ether oxygens (including phenoxy) is 3. The molecule has 0 atom stereocenters. The number of hydrogen-bond acceptors (Lipinski definition) is 5. The molecule has 8 heteroatoms. The Hall–Kier alpha value is -4.20. The minimum absolute atomic E-state index is 0.0194. The zero-order valence-corrected chi connectivity index (χ0v) is 20.3. The van der Waals surface area contributed by atoms with Crippen molar-refractivity contribution in [2.45, 2.75) is 19.9 Å². The Balaban J connectivity index is 1.43. The van der Waals surface area contributed by atoms with Crippen LogP contribution < -0.4 is 29.7 Å². The molecule has 0 radical (unpaired) electrons. The van der Waals surface area contributed by atoms with Crippen LogP contribution in [0.15, 0.2) is 54.6 Å². The fraction of sp³-hybridized carbons (Fsp3) is 0.259. The van der Waals surface area contributed by atoms with E-state index in [1.54, 1.807) is 17.0 Å². The second-order valence-corrected chi connectivity index (χ2v) is 8.26. The number of urea groups is 1. The fourth-order valence-corrected chi connectivity index (χ4v) is 4.11. The van der Waals surface area contributed by atoms with Gasteiger partial charge in [0.1, 0.15) is 0 Å². The summed E-state index contributed by atoms with van der Waals surface area (Å²) in [6.45, 7) is 2.94. The molecule has 0 aliphatic carbocycles. The van der Waals surface area contributed by atoms with Crippen LogP contribution >= 0.6 is 0 Å². The van der Waals surface area contributed by atoms with Crippen LogP contribution in [0, 0.1) is 6.92 Å². The van der Waals surface area contributed by atoms with Gasteiger partial charge in [0.2, 0.25) is 5.75 Å². The van der Waals surface area contributed by atoms with E-state index in [1.807, 2.05) is 49.4 Å². The normalized spacial score (nSPS) is 12.1. The van der Waals surface area contributed by atoms with Crippen LogP contribution in [0.3, 0.4) is 0 Å². The Kier molecular flexibility index (Phi) is 7.10. The number of fused-ring (bicyclic) bond motifs is 1. The van der Waals surface area contributed by atoms with Gasteiger partial charge in [-0.1, -0.05) is 29.8 Å². The summed E-state index contributed by atoms with van der Waals surface area (Å²) < 4.78 is 16.0. The third-order valence-electron chi connectivity index (χ3n) is 5.96. The highest BCUT2D eigenvalue weighted by Crippen LogP contribution is 2.40. The van der Waals surface area contributed by atoms with Gasteiger partial charge in [-0.25, -0.2) is 4.79 Å². The molecule has 2 N–H and O–H groups in total. The lowest BCUT2D eigenvalue weighted by Gasteiger charge is -2.18. The predicted octanol–water partition coefficient (Wildman–Crippen LogP) is 4.55. The van der Waals surface area contributed by atoms with Crippen molar-refractivity contribution in [1.82, 2.24) is 5.32 Å². The minimum atomic E-state index is -0.382. The molecule has 3 amide bonds. The number of anilines is 2. The molecule has 1 aliphatic heterocycles. The van der Waals surface area contributed by atoms with Crippen molar-refractivity contribution >= 4 is 23.3 Å². The lowest BCUT2D eigenvalue weighted by atomic mass is 10.1. The molecule has 8 nitrogen and oxygen atoms in total. The van der Waals surface area contributed by atoms with Gasteiger partial charge < -0.3 is 29.7 Å². The molecule has 0 bridgehead atoms. The third-order valence-corrected chi connectivity index (χ3v) is 5.96. The van der Waals surface area contributed by atoms with E-state index in [9.17, 15) is 9.59 Å². The van der Waals surface area contributed by atoms with Crippen molar-refractivity contribution in [1.29, 1.82) is 0 Å². The van der Waals surface area contributed by atoms with Gasteiger partial charge in [0.05, 0.1) is 27.0 Å². The van der Waals surface area contributed by atoms with Crippen molar-refractivity contribution in [2.75, 3.05) is 38.1 Å². The van der Waals surface area contributed by atoms with Crippen LogP contribution in [0.25, 0.3) is 0 Å². The van der Waals surface area contributed by atoms with Crippen LogP contribution in [-0.4, -0.2) is 39.8 Å². The van der Waals surface area contributed by atoms with E-state index in [2.05, 4.69) is 10.6 Å². The van der Waals surface area contributed by atoms with E-state index in [-0.39, 0.29) is 11.9 Å². The zero-order chi connectivity index (χ0) is 24.9. The highest BCUT2D eigenvalue weighted by molar-refractivity contribution is 6.07. The monoisotopic (exact) mass is 475 g/mol. The molecule has 3 aromatic carbocycles. The number of nitrogens with zero attached hydrogens (tertiary/aromatic N) is 1. The second-order valence-electron chi connectivity index (χ2n) is 8.26. The smallest absolute Gasteiger partial charge is 0.319 e. The maximum absolute atomic E-state index is 13.1. The first-order valence-electron chi connectivity index (χ1n) is 11.3. The molecule has 1 heterocycles. The van der Waals surface area contributed by atoms with Crippen molar-refractivity contribution in [3.8, 4) is 17.2 Å². The Morgan fingerprint density at radius 2 is 1.60 bits per heavy atom. The molecule has 0 fully saturated rings. The summed E-state index contributed by atoms with van der Waals surface area (Å²) in [7, 11) is 4.55. The van der Waals surface area contributed by atoms with Gasteiger partial charge in [-0.3, -0.25) is 4.79 Å². The van der Waals surface area contributed by atoms with Gasteiger partial charge in [0, 0.05) is 36.5 Å². The molecule has 3 aromatic rings. The number of benzene rings is 3. The maximum Gasteiger partial charge on any atom is 0.319 e. The number of rotatable bonds is 7. The van der Waals surface area contributed by atoms with Crippen molar-refractivity contribution in [2.24, 2.45) is 0 Å². The van der Waals surface area contributed by atoms with E-state index in [1.165, 1.54) is 21.3 Å². The van der Waals surface area contributed by atoms with Crippen LogP contribution in [0.4, 0.5) is 16.2 Å². The van der Waals surface area contributed by atoms with E-state index in [0.717, 1.165) is 28.8 Å². The van der Waals surface area contributed by atoms with E-state index in [0.29, 0.717) is 41.6 Å². The maximum atomic E-state index is 13.1. The van der Waals surface area contributed by atoms with Gasteiger partial charge >= 0.3 is 6.03 Å². The molecular formula is C27H29N3O5. The topological polar surface area (TPSA) is 89.1 Å². The number of aryl methyl sites for hydroxylation is 1. The van der Waals surface area contributed by atoms with Gasteiger partial charge in [-0.05, 0) is 42.7 Å². The number of carbonyl (C=O) groups excluding carboxylic acids is 2. The van der Waals surface area contributed by atoms with Gasteiger partial charge in [-0.15, -0.1) is 0 Å². The first-order chi connectivity index (χ1) is 16.9. The lowest BCUT2D eigenvalue weighted by molar-refractivity contribution is 0.0989.